The predicted molar refractivity (Wildman–Crippen MR) is 58.7 cm³/mol. The van der Waals surface area contributed by atoms with E-state index in [0.717, 1.165) is 4.21 Å². The van der Waals surface area contributed by atoms with Gasteiger partial charge in [0.05, 0.1) is 9.46 Å². The number of amides is 1. The number of carbonyl (C=O) groups excluding carboxylic acids is 1. The fourth-order valence-corrected chi connectivity index (χ4v) is 2.86. The molecule has 0 aliphatic carbocycles. The van der Waals surface area contributed by atoms with Crippen molar-refractivity contribution in [2.75, 3.05) is 6.54 Å². The van der Waals surface area contributed by atoms with Crippen molar-refractivity contribution in [2.24, 2.45) is 0 Å². The lowest BCUT2D eigenvalue weighted by Gasteiger charge is -2.12. The van der Waals surface area contributed by atoms with Gasteiger partial charge in [-0.05, 0) is 18.4 Å². The maximum atomic E-state index is 11.8. The molecule has 1 amide bonds. The van der Waals surface area contributed by atoms with Crippen LogP contribution in [0.25, 0.3) is 0 Å². The number of thiophene rings is 1. The van der Waals surface area contributed by atoms with Gasteiger partial charge in [0, 0.05) is 0 Å². The van der Waals surface area contributed by atoms with Gasteiger partial charge in [0.1, 0.15) is 6.54 Å². The Morgan fingerprint density at radius 1 is 1.62 bits per heavy atom. The van der Waals surface area contributed by atoms with Gasteiger partial charge in [-0.15, -0.1) is 23.1 Å². The molecular formula is C9H10F3NOS2. The fourth-order valence-electron chi connectivity index (χ4n) is 0.889. The van der Waals surface area contributed by atoms with Crippen LogP contribution >= 0.6 is 23.1 Å². The standard InChI is InChI=1S/C9H10F3NOS2/c1-6(16-7-3-2-4-15-7)8(14)13-5-9(10,11)12/h2-4,6H,5H2,1H3,(H,13,14)/t6-/m0/s1. The van der Waals surface area contributed by atoms with E-state index in [2.05, 4.69) is 0 Å². The summed E-state index contributed by atoms with van der Waals surface area (Å²) in [6, 6.07) is 3.65. The van der Waals surface area contributed by atoms with Crippen LogP contribution in [0.4, 0.5) is 13.2 Å². The second kappa shape index (κ2) is 5.58. The number of hydrogen-bond donors (Lipinski definition) is 1. The highest BCUT2D eigenvalue weighted by atomic mass is 32.2. The van der Waals surface area contributed by atoms with E-state index in [1.165, 1.54) is 23.1 Å². The third-order valence-electron chi connectivity index (χ3n) is 1.62. The first kappa shape index (κ1) is 13.4. The average Bonchev–Trinajstić information content (AvgIpc) is 2.65. The van der Waals surface area contributed by atoms with E-state index in [0.29, 0.717) is 0 Å². The number of carbonyl (C=O) groups is 1. The van der Waals surface area contributed by atoms with Gasteiger partial charge in [-0.3, -0.25) is 4.79 Å². The van der Waals surface area contributed by atoms with Crippen LogP contribution in [0.15, 0.2) is 21.7 Å². The maximum absolute atomic E-state index is 11.8. The van der Waals surface area contributed by atoms with Crippen molar-refractivity contribution >= 4 is 29.0 Å². The zero-order chi connectivity index (χ0) is 12.2. The van der Waals surface area contributed by atoms with Crippen molar-refractivity contribution in [2.45, 2.75) is 22.6 Å². The number of halogens is 3. The first-order valence-electron chi connectivity index (χ1n) is 4.43. The Hall–Kier alpha value is -0.690. The van der Waals surface area contributed by atoms with Crippen molar-refractivity contribution in [3.8, 4) is 0 Å². The molecule has 1 rings (SSSR count). The lowest BCUT2D eigenvalue weighted by atomic mass is 10.4. The van der Waals surface area contributed by atoms with Gasteiger partial charge in [0.15, 0.2) is 0 Å². The summed E-state index contributed by atoms with van der Waals surface area (Å²) >= 11 is 2.70. The third-order valence-corrected chi connectivity index (χ3v) is 3.80. The highest BCUT2D eigenvalue weighted by molar-refractivity contribution is 8.02. The Balaban J connectivity index is 2.37. The smallest absolute Gasteiger partial charge is 0.346 e. The molecule has 0 radical (unpaired) electrons. The highest BCUT2D eigenvalue weighted by Crippen LogP contribution is 2.27. The minimum Gasteiger partial charge on any atom is -0.346 e. The largest absolute Gasteiger partial charge is 0.405 e. The molecule has 0 aliphatic heterocycles. The van der Waals surface area contributed by atoms with Crippen LogP contribution in [0.1, 0.15) is 6.92 Å². The molecule has 1 aromatic heterocycles. The molecule has 1 N–H and O–H groups in total. The topological polar surface area (TPSA) is 29.1 Å². The summed E-state index contributed by atoms with van der Waals surface area (Å²) in [5, 5.41) is 3.18. The van der Waals surface area contributed by atoms with E-state index < -0.39 is 23.9 Å². The lowest BCUT2D eigenvalue weighted by molar-refractivity contribution is -0.137. The Kier molecular flexibility index (Phi) is 4.67. The SMILES string of the molecule is C[C@H](Sc1cccs1)C(=O)NCC(F)(F)F. The Labute approximate surface area is 99.2 Å². The molecule has 0 saturated heterocycles. The first-order chi connectivity index (χ1) is 7.38. The van der Waals surface area contributed by atoms with Crippen molar-refractivity contribution < 1.29 is 18.0 Å². The molecule has 7 heteroatoms. The monoisotopic (exact) mass is 269 g/mol. The van der Waals surface area contributed by atoms with Gasteiger partial charge < -0.3 is 5.32 Å². The minimum absolute atomic E-state index is 0.527. The Bertz CT molecular complexity index is 337. The Morgan fingerprint density at radius 2 is 2.31 bits per heavy atom. The second-order valence-corrected chi connectivity index (χ2v) is 5.61. The van der Waals surface area contributed by atoms with E-state index in [9.17, 15) is 18.0 Å². The van der Waals surface area contributed by atoms with Gasteiger partial charge >= 0.3 is 6.18 Å². The summed E-state index contributed by atoms with van der Waals surface area (Å²) < 4.78 is 36.4. The van der Waals surface area contributed by atoms with Crippen LogP contribution in [0.2, 0.25) is 0 Å². The van der Waals surface area contributed by atoms with E-state index >= 15 is 0 Å². The zero-order valence-electron chi connectivity index (χ0n) is 8.38. The van der Waals surface area contributed by atoms with Crippen LogP contribution < -0.4 is 5.32 Å². The maximum Gasteiger partial charge on any atom is 0.405 e. The molecule has 0 unspecified atom stereocenters. The van der Waals surface area contributed by atoms with Crippen LogP contribution in [-0.2, 0) is 4.79 Å². The summed E-state index contributed by atoms with van der Waals surface area (Å²) in [4.78, 5) is 11.3. The molecule has 2 nitrogen and oxygen atoms in total. The van der Waals surface area contributed by atoms with E-state index in [1.54, 1.807) is 6.92 Å². The second-order valence-electron chi connectivity index (χ2n) is 3.03. The number of nitrogens with one attached hydrogen (secondary N) is 1. The molecule has 0 spiro atoms. The number of thioether (sulfide) groups is 1. The molecular weight excluding hydrogens is 259 g/mol. The van der Waals surface area contributed by atoms with Gasteiger partial charge in [0.25, 0.3) is 0 Å². The van der Waals surface area contributed by atoms with Crippen molar-refractivity contribution in [1.29, 1.82) is 0 Å². The summed E-state index contributed by atoms with van der Waals surface area (Å²) in [6.45, 7) is 0.303. The molecule has 0 aromatic carbocycles. The van der Waals surface area contributed by atoms with Crippen LogP contribution in [-0.4, -0.2) is 23.9 Å². The summed E-state index contributed by atoms with van der Waals surface area (Å²) in [6.07, 6.45) is -4.36. The summed E-state index contributed by atoms with van der Waals surface area (Å²) in [7, 11) is 0. The lowest BCUT2D eigenvalue weighted by Crippen LogP contribution is -2.37. The number of rotatable bonds is 4. The van der Waals surface area contributed by atoms with Crippen LogP contribution in [0, 0.1) is 0 Å². The highest BCUT2D eigenvalue weighted by Gasteiger charge is 2.28. The molecule has 1 heterocycles. The zero-order valence-corrected chi connectivity index (χ0v) is 10.0. The van der Waals surface area contributed by atoms with Gasteiger partial charge in [0.2, 0.25) is 5.91 Å². The molecule has 1 atom stereocenters. The van der Waals surface area contributed by atoms with Gasteiger partial charge in [-0.1, -0.05) is 6.07 Å². The van der Waals surface area contributed by atoms with E-state index in [4.69, 9.17) is 0 Å². The fraction of sp³-hybridized carbons (Fsp3) is 0.444. The first-order valence-corrected chi connectivity index (χ1v) is 6.19. The molecule has 0 fully saturated rings. The van der Waals surface area contributed by atoms with E-state index in [1.807, 2.05) is 22.8 Å². The van der Waals surface area contributed by atoms with Gasteiger partial charge in [-0.25, -0.2) is 0 Å². The summed E-state index contributed by atoms with van der Waals surface area (Å²) in [5.74, 6) is -0.601. The molecule has 0 aliphatic rings. The normalized spacial score (nSPS) is 13.5. The van der Waals surface area contributed by atoms with E-state index in [-0.39, 0.29) is 0 Å². The van der Waals surface area contributed by atoms with Crippen molar-refractivity contribution in [1.82, 2.24) is 5.32 Å². The molecule has 1 aromatic rings. The number of hydrogen-bond acceptors (Lipinski definition) is 3. The number of alkyl halides is 3. The minimum atomic E-state index is -4.36. The summed E-state index contributed by atoms with van der Waals surface area (Å²) in [5.41, 5.74) is 0. The quantitative estimate of drug-likeness (QED) is 0.852. The van der Waals surface area contributed by atoms with Gasteiger partial charge in [-0.2, -0.15) is 13.2 Å². The van der Waals surface area contributed by atoms with Crippen molar-refractivity contribution in [3.05, 3.63) is 17.5 Å². The molecule has 90 valence electrons. The third kappa shape index (κ3) is 4.89. The van der Waals surface area contributed by atoms with Crippen molar-refractivity contribution in [3.63, 3.8) is 0 Å². The predicted octanol–water partition coefficient (Wildman–Crippen LogP) is 2.91. The molecule has 0 bridgehead atoms. The Morgan fingerprint density at radius 3 is 2.81 bits per heavy atom. The average molecular weight is 269 g/mol. The molecule has 0 saturated carbocycles. The van der Waals surface area contributed by atoms with Crippen LogP contribution in [0.5, 0.6) is 0 Å². The van der Waals surface area contributed by atoms with Crippen LogP contribution in [0.3, 0.4) is 0 Å². The molecule has 16 heavy (non-hydrogen) atoms.